The fourth-order valence-electron chi connectivity index (χ4n) is 2.64. The first-order valence-corrected chi connectivity index (χ1v) is 8.76. The quantitative estimate of drug-likeness (QED) is 0.671. The lowest BCUT2D eigenvalue weighted by Crippen LogP contribution is -2.33. The van der Waals surface area contributed by atoms with E-state index < -0.39 is 5.60 Å². The van der Waals surface area contributed by atoms with Gasteiger partial charge in [0, 0.05) is 20.0 Å². The Bertz CT molecular complexity index is 519. The van der Waals surface area contributed by atoms with Gasteiger partial charge in [0.15, 0.2) is 0 Å². The monoisotopic (exact) mass is 333 g/mol. The number of carbonyl (C=O) groups is 2. The van der Waals surface area contributed by atoms with E-state index in [1.807, 2.05) is 58.2 Å². The molecule has 0 aromatic heterocycles. The highest BCUT2D eigenvalue weighted by molar-refractivity contribution is 5.83. The fraction of sp³-hybridized carbons (Fsp3) is 0.600. The Balaban J connectivity index is 2.54. The minimum Gasteiger partial charge on any atom is -0.460 e. The number of hydrogen-bond donors (Lipinski definition) is 0. The SMILES string of the molecule is CCCC(C(=O)N(C)CCCC(=O)OC(C)(C)C)c1ccccc1. The van der Waals surface area contributed by atoms with E-state index in [0.717, 1.165) is 18.4 Å². The summed E-state index contributed by atoms with van der Waals surface area (Å²) in [4.78, 5) is 26.2. The first-order chi connectivity index (χ1) is 11.2. The van der Waals surface area contributed by atoms with Gasteiger partial charge in [-0.15, -0.1) is 0 Å². The van der Waals surface area contributed by atoms with Crippen LogP contribution in [0.1, 0.15) is 64.9 Å². The maximum Gasteiger partial charge on any atom is 0.306 e. The summed E-state index contributed by atoms with van der Waals surface area (Å²) >= 11 is 0. The molecule has 0 N–H and O–H groups in total. The van der Waals surface area contributed by atoms with Gasteiger partial charge < -0.3 is 9.64 Å². The van der Waals surface area contributed by atoms with Gasteiger partial charge in [-0.3, -0.25) is 9.59 Å². The van der Waals surface area contributed by atoms with E-state index in [1.54, 1.807) is 4.90 Å². The fourth-order valence-corrected chi connectivity index (χ4v) is 2.64. The summed E-state index contributed by atoms with van der Waals surface area (Å²) in [6.45, 7) is 8.22. The molecule has 0 heterocycles. The molecule has 1 aromatic rings. The van der Waals surface area contributed by atoms with Crippen LogP contribution in [0, 0.1) is 0 Å². The average molecular weight is 333 g/mol. The van der Waals surface area contributed by atoms with Gasteiger partial charge in [-0.1, -0.05) is 43.7 Å². The Kier molecular flexibility index (Phi) is 7.96. The molecule has 0 spiro atoms. The number of nitrogens with zero attached hydrogens (tertiary/aromatic N) is 1. The van der Waals surface area contributed by atoms with Crippen molar-refractivity contribution in [2.45, 2.75) is 64.9 Å². The number of carbonyl (C=O) groups excluding carboxylic acids is 2. The third-order valence-electron chi connectivity index (χ3n) is 3.75. The molecule has 0 fully saturated rings. The highest BCUT2D eigenvalue weighted by Gasteiger charge is 2.23. The van der Waals surface area contributed by atoms with Gasteiger partial charge in [-0.05, 0) is 39.2 Å². The molecule has 134 valence electrons. The molecule has 0 radical (unpaired) electrons. The zero-order valence-electron chi connectivity index (χ0n) is 15.7. The molecule has 1 unspecified atom stereocenters. The normalized spacial score (nSPS) is 12.5. The predicted octanol–water partition coefficient (Wildman–Crippen LogP) is 4.15. The van der Waals surface area contributed by atoms with E-state index in [0.29, 0.717) is 19.4 Å². The van der Waals surface area contributed by atoms with Crippen molar-refractivity contribution < 1.29 is 14.3 Å². The standard InChI is InChI=1S/C20H31NO3/c1-6-11-17(16-12-8-7-9-13-16)19(23)21(5)15-10-14-18(22)24-20(2,3)4/h7-9,12-13,17H,6,10-11,14-15H2,1-5H3. The second-order valence-corrected chi connectivity index (χ2v) is 7.20. The number of esters is 1. The third-order valence-corrected chi connectivity index (χ3v) is 3.75. The van der Waals surface area contributed by atoms with Crippen molar-refractivity contribution >= 4 is 11.9 Å². The Morgan fingerprint density at radius 2 is 1.79 bits per heavy atom. The van der Waals surface area contributed by atoms with Crippen LogP contribution in [0.5, 0.6) is 0 Å². The van der Waals surface area contributed by atoms with Gasteiger partial charge >= 0.3 is 5.97 Å². The molecule has 1 aromatic carbocycles. The number of benzene rings is 1. The smallest absolute Gasteiger partial charge is 0.306 e. The van der Waals surface area contributed by atoms with Crippen LogP contribution in [0.25, 0.3) is 0 Å². The van der Waals surface area contributed by atoms with Crippen molar-refractivity contribution in [3.8, 4) is 0 Å². The van der Waals surface area contributed by atoms with Crippen LogP contribution >= 0.6 is 0 Å². The molecule has 4 nitrogen and oxygen atoms in total. The van der Waals surface area contributed by atoms with E-state index in [2.05, 4.69) is 6.92 Å². The lowest BCUT2D eigenvalue weighted by Gasteiger charge is -2.24. The molecule has 0 bridgehead atoms. The van der Waals surface area contributed by atoms with Crippen molar-refractivity contribution in [1.29, 1.82) is 0 Å². The van der Waals surface area contributed by atoms with Gasteiger partial charge in [0.1, 0.15) is 5.60 Å². The Morgan fingerprint density at radius 3 is 2.33 bits per heavy atom. The zero-order valence-corrected chi connectivity index (χ0v) is 15.7. The second kappa shape index (κ2) is 9.45. The van der Waals surface area contributed by atoms with E-state index in [-0.39, 0.29) is 17.8 Å². The van der Waals surface area contributed by atoms with E-state index in [4.69, 9.17) is 4.74 Å². The van der Waals surface area contributed by atoms with Crippen LogP contribution in [-0.4, -0.2) is 36.0 Å². The van der Waals surface area contributed by atoms with Crippen molar-refractivity contribution in [2.24, 2.45) is 0 Å². The molecular weight excluding hydrogens is 302 g/mol. The maximum absolute atomic E-state index is 12.7. The summed E-state index contributed by atoms with van der Waals surface area (Å²) in [6, 6.07) is 9.91. The van der Waals surface area contributed by atoms with E-state index in [9.17, 15) is 9.59 Å². The number of rotatable bonds is 8. The summed E-state index contributed by atoms with van der Waals surface area (Å²) in [5, 5.41) is 0. The maximum atomic E-state index is 12.7. The van der Waals surface area contributed by atoms with E-state index in [1.165, 1.54) is 0 Å². The lowest BCUT2D eigenvalue weighted by molar-refractivity contribution is -0.155. The zero-order chi connectivity index (χ0) is 18.2. The Hall–Kier alpha value is -1.84. The molecular formula is C20H31NO3. The van der Waals surface area contributed by atoms with Gasteiger partial charge in [-0.2, -0.15) is 0 Å². The van der Waals surface area contributed by atoms with Crippen molar-refractivity contribution in [3.63, 3.8) is 0 Å². The highest BCUT2D eigenvalue weighted by Crippen LogP contribution is 2.23. The molecule has 1 amide bonds. The van der Waals surface area contributed by atoms with Crippen LogP contribution in [-0.2, 0) is 14.3 Å². The topological polar surface area (TPSA) is 46.6 Å². The van der Waals surface area contributed by atoms with Crippen molar-refractivity contribution in [2.75, 3.05) is 13.6 Å². The number of amides is 1. The van der Waals surface area contributed by atoms with Gasteiger partial charge in [0.05, 0.1) is 5.92 Å². The minimum absolute atomic E-state index is 0.109. The lowest BCUT2D eigenvalue weighted by atomic mass is 9.93. The summed E-state index contributed by atoms with van der Waals surface area (Å²) in [5.74, 6) is -0.202. The summed E-state index contributed by atoms with van der Waals surface area (Å²) < 4.78 is 5.29. The molecule has 1 atom stereocenters. The summed E-state index contributed by atoms with van der Waals surface area (Å²) in [5.41, 5.74) is 0.599. The minimum atomic E-state index is -0.460. The van der Waals surface area contributed by atoms with Crippen LogP contribution in [0.15, 0.2) is 30.3 Å². The van der Waals surface area contributed by atoms with E-state index >= 15 is 0 Å². The summed E-state index contributed by atoms with van der Waals surface area (Å²) in [7, 11) is 1.81. The molecule has 4 heteroatoms. The largest absolute Gasteiger partial charge is 0.460 e. The number of hydrogen-bond acceptors (Lipinski definition) is 3. The van der Waals surface area contributed by atoms with Crippen LogP contribution < -0.4 is 0 Å². The Labute approximate surface area is 146 Å². The van der Waals surface area contributed by atoms with Gasteiger partial charge in [0.25, 0.3) is 0 Å². The molecule has 24 heavy (non-hydrogen) atoms. The first-order valence-electron chi connectivity index (χ1n) is 8.76. The summed E-state index contributed by atoms with van der Waals surface area (Å²) in [6.07, 6.45) is 2.74. The van der Waals surface area contributed by atoms with Crippen LogP contribution in [0.2, 0.25) is 0 Å². The third kappa shape index (κ3) is 7.16. The van der Waals surface area contributed by atoms with Gasteiger partial charge in [0.2, 0.25) is 5.91 Å². The first kappa shape index (κ1) is 20.2. The van der Waals surface area contributed by atoms with Crippen molar-refractivity contribution in [3.05, 3.63) is 35.9 Å². The average Bonchev–Trinajstić information content (AvgIpc) is 2.51. The number of ether oxygens (including phenoxy) is 1. The molecule has 1 rings (SSSR count). The molecule has 0 saturated heterocycles. The van der Waals surface area contributed by atoms with Crippen molar-refractivity contribution in [1.82, 2.24) is 4.90 Å². The highest BCUT2D eigenvalue weighted by atomic mass is 16.6. The second-order valence-electron chi connectivity index (χ2n) is 7.20. The van der Waals surface area contributed by atoms with Crippen LogP contribution in [0.4, 0.5) is 0 Å². The molecule has 0 aliphatic rings. The number of likely N-dealkylation sites (N-methyl/N-ethyl adjacent to an activating group) is 1. The van der Waals surface area contributed by atoms with Gasteiger partial charge in [-0.25, -0.2) is 0 Å². The Morgan fingerprint density at radius 1 is 1.17 bits per heavy atom. The molecule has 0 saturated carbocycles. The van der Waals surface area contributed by atoms with Crippen LogP contribution in [0.3, 0.4) is 0 Å². The molecule has 0 aliphatic heterocycles. The molecule has 0 aliphatic carbocycles. The predicted molar refractivity (Wildman–Crippen MR) is 96.8 cm³/mol.